The minimum atomic E-state index is 0.0525. The monoisotopic (exact) mass is 680 g/mol. The highest BCUT2D eigenvalue weighted by Gasteiger charge is 2.44. The van der Waals surface area contributed by atoms with Gasteiger partial charge in [-0.3, -0.25) is 0 Å². The lowest BCUT2D eigenvalue weighted by molar-refractivity contribution is 0.406. The van der Waals surface area contributed by atoms with E-state index in [1.165, 1.54) is 83.5 Å². The van der Waals surface area contributed by atoms with Gasteiger partial charge in [0.25, 0.3) is 0 Å². The summed E-state index contributed by atoms with van der Waals surface area (Å²) in [5, 5.41) is 2.53. The third-order valence-electron chi connectivity index (χ3n) is 11.7. The average molecular weight is 681 g/mol. The van der Waals surface area contributed by atoms with Crippen LogP contribution in [0, 0.1) is 5.92 Å². The number of hydrogen-bond donors (Lipinski definition) is 0. The molecule has 8 aromatic rings. The summed E-state index contributed by atoms with van der Waals surface area (Å²) in [5.74, 6) is 0.412. The molecule has 0 radical (unpaired) electrons. The Morgan fingerprint density at radius 1 is 0.509 bits per heavy atom. The molecule has 0 fully saturated rings. The second-order valence-electron chi connectivity index (χ2n) is 15.0. The van der Waals surface area contributed by atoms with E-state index in [9.17, 15) is 0 Å². The second kappa shape index (κ2) is 12.4. The zero-order chi connectivity index (χ0) is 35.5. The van der Waals surface area contributed by atoms with Crippen LogP contribution in [0.4, 0.5) is 11.4 Å². The van der Waals surface area contributed by atoms with Crippen molar-refractivity contribution in [2.45, 2.75) is 25.7 Å². The van der Waals surface area contributed by atoms with E-state index in [-0.39, 0.29) is 5.41 Å². The summed E-state index contributed by atoms with van der Waals surface area (Å²) in [5.41, 5.74) is 16.5. The molecule has 0 aliphatic heterocycles. The number of benzene rings is 7. The molecule has 0 unspecified atom stereocenters. The SMILES string of the molecule is CC1(C)c2ccccc2C2=CC=C(N(c3ccc(-c4ccccc4)cc3)c3ccc(-c4ccc5c(c4)c4ccccc4n5-c4ccccc4)cc3)C[C@H]21. The van der Waals surface area contributed by atoms with E-state index in [0.717, 1.165) is 6.42 Å². The van der Waals surface area contributed by atoms with Crippen LogP contribution in [-0.2, 0) is 5.41 Å². The number of nitrogens with zero attached hydrogens (tertiary/aromatic N) is 2. The first-order valence-corrected chi connectivity index (χ1v) is 18.7. The Labute approximate surface area is 311 Å². The molecule has 2 nitrogen and oxygen atoms in total. The third kappa shape index (κ3) is 5.17. The summed E-state index contributed by atoms with van der Waals surface area (Å²) in [6.07, 6.45) is 5.72. The molecule has 7 aromatic carbocycles. The smallest absolute Gasteiger partial charge is 0.0541 e. The van der Waals surface area contributed by atoms with E-state index in [0.29, 0.717) is 5.92 Å². The first kappa shape index (κ1) is 31.4. The van der Waals surface area contributed by atoms with Crippen molar-refractivity contribution in [3.63, 3.8) is 0 Å². The zero-order valence-electron chi connectivity index (χ0n) is 30.1. The molecule has 0 saturated heterocycles. The molecular formula is C51H40N2. The first-order valence-electron chi connectivity index (χ1n) is 18.7. The van der Waals surface area contributed by atoms with Crippen LogP contribution < -0.4 is 4.90 Å². The lowest BCUT2D eigenvalue weighted by Crippen LogP contribution is -2.28. The van der Waals surface area contributed by atoms with Crippen molar-refractivity contribution < 1.29 is 0 Å². The number of allylic oxidation sites excluding steroid dienone is 4. The minimum Gasteiger partial charge on any atom is -0.314 e. The summed E-state index contributed by atoms with van der Waals surface area (Å²) in [4.78, 5) is 2.47. The van der Waals surface area contributed by atoms with Gasteiger partial charge in [0.05, 0.1) is 11.0 Å². The van der Waals surface area contributed by atoms with Crippen LogP contribution >= 0.6 is 0 Å². The summed E-state index contributed by atoms with van der Waals surface area (Å²) < 4.78 is 2.38. The highest BCUT2D eigenvalue weighted by Crippen LogP contribution is 2.54. The van der Waals surface area contributed by atoms with Crippen molar-refractivity contribution in [2.24, 2.45) is 5.92 Å². The van der Waals surface area contributed by atoms with Crippen LogP contribution in [-0.4, -0.2) is 4.57 Å². The fraction of sp³-hybridized carbons (Fsp3) is 0.0980. The van der Waals surface area contributed by atoms with Crippen molar-refractivity contribution >= 4 is 38.8 Å². The van der Waals surface area contributed by atoms with Gasteiger partial charge >= 0.3 is 0 Å². The number of rotatable bonds is 6. The number of fused-ring (bicyclic) bond motifs is 6. The van der Waals surface area contributed by atoms with Gasteiger partial charge in [0.1, 0.15) is 0 Å². The lowest BCUT2D eigenvalue weighted by Gasteiger charge is -2.36. The van der Waals surface area contributed by atoms with Gasteiger partial charge in [0.2, 0.25) is 0 Å². The molecule has 1 aromatic heterocycles. The number of hydrogen-bond acceptors (Lipinski definition) is 1. The quantitative estimate of drug-likeness (QED) is 0.170. The Bertz CT molecular complexity index is 2690. The highest BCUT2D eigenvalue weighted by molar-refractivity contribution is 6.10. The van der Waals surface area contributed by atoms with Crippen LogP contribution in [0.3, 0.4) is 0 Å². The molecule has 0 spiro atoms. The van der Waals surface area contributed by atoms with Crippen molar-refractivity contribution in [1.82, 2.24) is 4.57 Å². The summed E-state index contributed by atoms with van der Waals surface area (Å²) in [6.45, 7) is 4.84. The molecule has 254 valence electrons. The van der Waals surface area contributed by atoms with Gasteiger partial charge in [-0.05, 0) is 117 Å². The Hall–Kier alpha value is -6.38. The van der Waals surface area contributed by atoms with Gasteiger partial charge in [0.15, 0.2) is 0 Å². The number of anilines is 2. The van der Waals surface area contributed by atoms with Crippen molar-refractivity contribution in [3.8, 4) is 27.9 Å². The maximum atomic E-state index is 2.47. The van der Waals surface area contributed by atoms with E-state index in [4.69, 9.17) is 0 Å². The lowest BCUT2D eigenvalue weighted by atomic mass is 9.74. The van der Waals surface area contributed by atoms with Crippen molar-refractivity contribution in [3.05, 3.63) is 205 Å². The topological polar surface area (TPSA) is 8.17 Å². The van der Waals surface area contributed by atoms with E-state index in [2.05, 4.69) is 211 Å². The Morgan fingerprint density at radius 3 is 1.81 bits per heavy atom. The molecule has 1 heterocycles. The molecule has 53 heavy (non-hydrogen) atoms. The molecule has 10 rings (SSSR count). The van der Waals surface area contributed by atoms with Crippen molar-refractivity contribution in [1.29, 1.82) is 0 Å². The molecule has 1 atom stereocenters. The molecule has 2 aliphatic carbocycles. The Balaban J connectivity index is 1.05. The first-order chi connectivity index (χ1) is 26.0. The average Bonchev–Trinajstić information content (AvgIpc) is 3.67. The fourth-order valence-electron chi connectivity index (χ4n) is 8.99. The third-order valence-corrected chi connectivity index (χ3v) is 11.7. The van der Waals surface area contributed by atoms with Crippen LogP contribution in [0.15, 0.2) is 194 Å². The number of aromatic nitrogens is 1. The number of para-hydroxylation sites is 2. The van der Waals surface area contributed by atoms with Gasteiger partial charge in [-0.25, -0.2) is 0 Å². The normalized spacial score (nSPS) is 15.8. The maximum Gasteiger partial charge on any atom is 0.0541 e. The van der Waals surface area contributed by atoms with Crippen LogP contribution in [0.2, 0.25) is 0 Å². The summed E-state index contributed by atoms with van der Waals surface area (Å²) in [6, 6.07) is 64.2. The van der Waals surface area contributed by atoms with Crippen LogP contribution in [0.25, 0.3) is 55.3 Å². The molecule has 0 N–H and O–H groups in total. The molecule has 0 bridgehead atoms. The maximum absolute atomic E-state index is 2.47. The molecular weight excluding hydrogens is 641 g/mol. The van der Waals surface area contributed by atoms with E-state index in [1.807, 2.05) is 0 Å². The molecule has 2 aliphatic rings. The standard InChI is InChI=1S/C51H40N2/c1-51(2)47-19-11-9-17-43(47)44-31-30-42(34-48(44)51)52(40-26-21-36(22-27-40)35-13-5-3-6-14-35)41-28-23-37(24-29-41)38-25-32-50-46(33-38)45-18-10-12-20-49(45)53(50)39-15-7-4-8-16-39/h3-33,48H,34H2,1-2H3/t48-/m1/s1. The predicted octanol–water partition coefficient (Wildman–Crippen LogP) is 13.5. The molecule has 2 heteroatoms. The van der Waals surface area contributed by atoms with E-state index >= 15 is 0 Å². The predicted molar refractivity (Wildman–Crippen MR) is 224 cm³/mol. The van der Waals surface area contributed by atoms with Crippen LogP contribution in [0.5, 0.6) is 0 Å². The van der Waals surface area contributed by atoms with Gasteiger partial charge in [-0.2, -0.15) is 0 Å². The van der Waals surface area contributed by atoms with E-state index in [1.54, 1.807) is 0 Å². The van der Waals surface area contributed by atoms with Crippen molar-refractivity contribution in [2.75, 3.05) is 4.90 Å². The van der Waals surface area contributed by atoms with E-state index < -0.39 is 0 Å². The Kier molecular flexibility index (Phi) is 7.33. The van der Waals surface area contributed by atoms with Gasteiger partial charge in [0, 0.05) is 33.5 Å². The zero-order valence-corrected chi connectivity index (χ0v) is 30.1. The highest BCUT2D eigenvalue weighted by atomic mass is 15.1. The van der Waals surface area contributed by atoms with Gasteiger partial charge in [-0.1, -0.05) is 141 Å². The summed E-state index contributed by atoms with van der Waals surface area (Å²) >= 11 is 0. The minimum absolute atomic E-state index is 0.0525. The Morgan fingerprint density at radius 2 is 1.08 bits per heavy atom. The molecule has 0 saturated carbocycles. The summed E-state index contributed by atoms with van der Waals surface area (Å²) in [7, 11) is 0. The van der Waals surface area contributed by atoms with Crippen LogP contribution in [0.1, 0.15) is 31.4 Å². The second-order valence-corrected chi connectivity index (χ2v) is 15.0. The fourth-order valence-corrected chi connectivity index (χ4v) is 8.99. The van der Waals surface area contributed by atoms with Gasteiger partial charge in [-0.15, -0.1) is 0 Å². The van der Waals surface area contributed by atoms with Gasteiger partial charge < -0.3 is 9.47 Å². The molecule has 0 amide bonds. The largest absolute Gasteiger partial charge is 0.314 e.